The largest absolute Gasteiger partial charge is 0.459 e. The number of carbonyl (C=O) groups is 3. The zero-order chi connectivity index (χ0) is 21.4. The Labute approximate surface area is 165 Å². The van der Waals surface area contributed by atoms with Crippen molar-refractivity contribution in [2.24, 2.45) is 5.92 Å². The lowest BCUT2D eigenvalue weighted by Gasteiger charge is -2.20. The first-order chi connectivity index (χ1) is 13.8. The highest BCUT2D eigenvalue weighted by Gasteiger charge is 2.27. The standard InChI is InChI=1S/C19H20F2N2O6/c1-11(2)16(23-17(25)14-4-3-9-27-14)18(26)28-10-15(24)22-12-5-7-13(8-6-12)29-19(20)21/h3-9,11,16,19H,10H2,1-2H3,(H,22,24)(H,23,25)/t16-/m0/s1. The first-order valence-electron chi connectivity index (χ1n) is 8.62. The van der Waals surface area contributed by atoms with Crippen LogP contribution in [0, 0.1) is 5.92 Å². The van der Waals surface area contributed by atoms with Crippen LogP contribution in [0.25, 0.3) is 0 Å². The predicted molar refractivity (Wildman–Crippen MR) is 97.5 cm³/mol. The fourth-order valence-electron chi connectivity index (χ4n) is 2.26. The van der Waals surface area contributed by atoms with Crippen LogP contribution in [-0.2, 0) is 14.3 Å². The molecular formula is C19H20F2N2O6. The van der Waals surface area contributed by atoms with Crippen molar-refractivity contribution in [2.75, 3.05) is 11.9 Å². The molecule has 1 aromatic heterocycles. The number of hydrogen-bond acceptors (Lipinski definition) is 6. The van der Waals surface area contributed by atoms with Crippen molar-refractivity contribution < 1.29 is 37.1 Å². The highest BCUT2D eigenvalue weighted by molar-refractivity contribution is 5.96. The van der Waals surface area contributed by atoms with Crippen LogP contribution in [0.5, 0.6) is 5.75 Å². The molecule has 0 unspecified atom stereocenters. The number of ether oxygens (including phenoxy) is 2. The predicted octanol–water partition coefficient (Wildman–Crippen LogP) is 2.82. The van der Waals surface area contributed by atoms with Crippen molar-refractivity contribution in [3.05, 3.63) is 48.4 Å². The number of nitrogens with one attached hydrogen (secondary N) is 2. The van der Waals surface area contributed by atoms with Crippen LogP contribution in [0.1, 0.15) is 24.4 Å². The first-order valence-corrected chi connectivity index (χ1v) is 8.62. The molecule has 0 fully saturated rings. The first kappa shape index (κ1) is 21.9. The van der Waals surface area contributed by atoms with Crippen molar-refractivity contribution in [1.29, 1.82) is 0 Å². The lowest BCUT2D eigenvalue weighted by atomic mass is 10.0. The number of amides is 2. The maximum Gasteiger partial charge on any atom is 0.387 e. The number of benzene rings is 1. The van der Waals surface area contributed by atoms with Crippen LogP contribution in [0.15, 0.2) is 47.1 Å². The molecule has 0 radical (unpaired) electrons. The number of halogens is 2. The summed E-state index contributed by atoms with van der Waals surface area (Å²) in [7, 11) is 0. The van der Waals surface area contributed by atoms with Gasteiger partial charge >= 0.3 is 12.6 Å². The Morgan fingerprint density at radius 1 is 1.10 bits per heavy atom. The van der Waals surface area contributed by atoms with Gasteiger partial charge in [0.1, 0.15) is 11.8 Å². The zero-order valence-electron chi connectivity index (χ0n) is 15.7. The summed E-state index contributed by atoms with van der Waals surface area (Å²) in [6, 6.07) is 7.23. The van der Waals surface area contributed by atoms with Gasteiger partial charge in [-0.15, -0.1) is 0 Å². The molecule has 0 aliphatic heterocycles. The van der Waals surface area contributed by atoms with Crippen molar-refractivity contribution in [3.63, 3.8) is 0 Å². The van der Waals surface area contributed by atoms with Gasteiger partial charge in [0.25, 0.3) is 11.8 Å². The zero-order valence-corrected chi connectivity index (χ0v) is 15.7. The molecule has 0 aliphatic rings. The summed E-state index contributed by atoms with van der Waals surface area (Å²) in [4.78, 5) is 36.2. The molecule has 29 heavy (non-hydrogen) atoms. The Bertz CT molecular complexity index is 822. The molecule has 156 valence electrons. The monoisotopic (exact) mass is 410 g/mol. The molecule has 2 aromatic rings. The van der Waals surface area contributed by atoms with Gasteiger partial charge in [-0.1, -0.05) is 13.8 Å². The molecule has 2 amide bonds. The normalized spacial score (nSPS) is 11.8. The number of alkyl halides is 2. The molecule has 0 saturated carbocycles. The van der Waals surface area contributed by atoms with Gasteiger partial charge in [-0.3, -0.25) is 9.59 Å². The van der Waals surface area contributed by atoms with Crippen LogP contribution in [-0.4, -0.2) is 37.0 Å². The van der Waals surface area contributed by atoms with Gasteiger partial charge in [-0.05, 0) is 42.3 Å². The molecule has 1 heterocycles. The Morgan fingerprint density at radius 3 is 2.34 bits per heavy atom. The van der Waals surface area contributed by atoms with Gasteiger partial charge in [0.2, 0.25) is 0 Å². The fourth-order valence-corrected chi connectivity index (χ4v) is 2.26. The van der Waals surface area contributed by atoms with E-state index in [1.54, 1.807) is 13.8 Å². The van der Waals surface area contributed by atoms with Crippen molar-refractivity contribution >= 4 is 23.5 Å². The van der Waals surface area contributed by atoms with Crippen LogP contribution >= 0.6 is 0 Å². The summed E-state index contributed by atoms with van der Waals surface area (Å²) >= 11 is 0. The number of furan rings is 1. The molecule has 2 N–H and O–H groups in total. The molecule has 1 aromatic carbocycles. The summed E-state index contributed by atoms with van der Waals surface area (Å²) < 4.78 is 38.4. The third-order valence-corrected chi connectivity index (χ3v) is 3.66. The lowest BCUT2D eigenvalue weighted by molar-refractivity contribution is -0.150. The third-order valence-electron chi connectivity index (χ3n) is 3.66. The van der Waals surface area contributed by atoms with Gasteiger partial charge < -0.3 is 24.5 Å². The van der Waals surface area contributed by atoms with Crippen LogP contribution in [0.4, 0.5) is 14.5 Å². The molecular weight excluding hydrogens is 390 g/mol. The number of carbonyl (C=O) groups excluding carboxylic acids is 3. The second kappa shape index (κ2) is 10.2. The van der Waals surface area contributed by atoms with E-state index in [1.807, 2.05) is 0 Å². The summed E-state index contributed by atoms with van der Waals surface area (Å²) in [6.45, 7) is -0.125. The third kappa shape index (κ3) is 6.91. The van der Waals surface area contributed by atoms with Crippen molar-refractivity contribution in [1.82, 2.24) is 5.32 Å². The molecule has 1 atom stereocenters. The van der Waals surface area contributed by atoms with E-state index < -0.39 is 37.0 Å². The smallest absolute Gasteiger partial charge is 0.387 e. The molecule has 10 heteroatoms. The molecule has 0 saturated heterocycles. The van der Waals surface area contributed by atoms with E-state index >= 15 is 0 Å². The summed E-state index contributed by atoms with van der Waals surface area (Å²) in [5.74, 6) is -2.32. The van der Waals surface area contributed by atoms with Gasteiger partial charge in [-0.2, -0.15) is 8.78 Å². The molecule has 0 bridgehead atoms. The average molecular weight is 410 g/mol. The highest BCUT2D eigenvalue weighted by Crippen LogP contribution is 2.17. The van der Waals surface area contributed by atoms with Gasteiger partial charge in [0.05, 0.1) is 6.26 Å². The van der Waals surface area contributed by atoms with E-state index in [9.17, 15) is 23.2 Å². The minimum atomic E-state index is -2.95. The van der Waals surface area contributed by atoms with E-state index in [-0.39, 0.29) is 17.4 Å². The van der Waals surface area contributed by atoms with Crippen LogP contribution in [0.3, 0.4) is 0 Å². The topological polar surface area (TPSA) is 107 Å². The molecule has 2 rings (SSSR count). The summed E-state index contributed by atoms with van der Waals surface area (Å²) in [5.41, 5.74) is 0.305. The number of esters is 1. The van der Waals surface area contributed by atoms with Crippen LogP contribution in [0.2, 0.25) is 0 Å². The van der Waals surface area contributed by atoms with Crippen LogP contribution < -0.4 is 15.4 Å². The van der Waals surface area contributed by atoms with Crippen molar-refractivity contribution in [2.45, 2.75) is 26.5 Å². The van der Waals surface area contributed by atoms with Gasteiger partial charge in [0, 0.05) is 5.69 Å². The Morgan fingerprint density at radius 2 is 1.79 bits per heavy atom. The van der Waals surface area contributed by atoms with E-state index in [4.69, 9.17) is 9.15 Å². The maximum absolute atomic E-state index is 12.3. The SMILES string of the molecule is CC(C)[C@H](NC(=O)c1ccco1)C(=O)OCC(=O)Nc1ccc(OC(F)F)cc1. The van der Waals surface area contributed by atoms with E-state index in [0.717, 1.165) is 0 Å². The van der Waals surface area contributed by atoms with E-state index in [1.165, 1.54) is 42.7 Å². The average Bonchev–Trinajstić information content (AvgIpc) is 3.20. The molecule has 0 aliphatic carbocycles. The Hall–Kier alpha value is -3.43. The van der Waals surface area contributed by atoms with E-state index in [0.29, 0.717) is 5.69 Å². The summed E-state index contributed by atoms with van der Waals surface area (Å²) in [5, 5.41) is 4.95. The van der Waals surface area contributed by atoms with Gasteiger partial charge in [-0.25, -0.2) is 4.79 Å². The van der Waals surface area contributed by atoms with Crippen molar-refractivity contribution in [3.8, 4) is 5.75 Å². The minimum Gasteiger partial charge on any atom is -0.459 e. The Kier molecular flexibility index (Phi) is 7.70. The quantitative estimate of drug-likeness (QED) is 0.616. The molecule has 0 spiro atoms. The Balaban J connectivity index is 1.85. The lowest BCUT2D eigenvalue weighted by Crippen LogP contribution is -2.45. The number of rotatable bonds is 9. The maximum atomic E-state index is 12.3. The fraction of sp³-hybridized carbons (Fsp3) is 0.316. The number of hydrogen-bond donors (Lipinski definition) is 2. The van der Waals surface area contributed by atoms with Gasteiger partial charge in [0.15, 0.2) is 12.4 Å². The summed E-state index contributed by atoms with van der Waals surface area (Å²) in [6.07, 6.45) is 1.33. The second-order valence-electron chi connectivity index (χ2n) is 6.23. The minimum absolute atomic E-state index is 0.0421. The molecule has 8 nitrogen and oxygen atoms in total. The number of anilines is 1. The second-order valence-corrected chi connectivity index (χ2v) is 6.23. The van der Waals surface area contributed by atoms with E-state index in [2.05, 4.69) is 15.4 Å². The highest BCUT2D eigenvalue weighted by atomic mass is 19.3.